The first-order chi connectivity index (χ1) is 21.7. The molecule has 0 radical (unpaired) electrons. The minimum Gasteiger partial charge on any atom is -0.410 e. The molecule has 6 heteroatoms. The lowest BCUT2D eigenvalue weighted by molar-refractivity contribution is -0.202. The third kappa shape index (κ3) is 8.72. The van der Waals surface area contributed by atoms with E-state index in [1.807, 2.05) is 6.07 Å². The van der Waals surface area contributed by atoms with E-state index in [0.717, 1.165) is 44.1 Å². The summed E-state index contributed by atoms with van der Waals surface area (Å²) in [5, 5.41) is 0.160. The molecule has 0 amide bonds. The van der Waals surface area contributed by atoms with Crippen LogP contribution in [0.25, 0.3) is 0 Å². The fraction of sp³-hybridized carbons (Fsp3) is 0.700. The van der Waals surface area contributed by atoms with Crippen molar-refractivity contribution >= 4 is 8.32 Å². The van der Waals surface area contributed by atoms with E-state index >= 15 is 0 Å². The largest absolute Gasteiger partial charge is 0.410 e. The Hall–Kier alpha value is -1.54. The summed E-state index contributed by atoms with van der Waals surface area (Å²) >= 11 is 0. The number of fused-ring (bicyclic) bond motifs is 3. The van der Waals surface area contributed by atoms with Crippen molar-refractivity contribution in [3.8, 4) is 0 Å². The topological polar surface area (TPSA) is 46.2 Å². The number of hydrogen-bond acceptors (Lipinski definition) is 5. The van der Waals surface area contributed by atoms with Crippen LogP contribution in [0.1, 0.15) is 99.5 Å². The van der Waals surface area contributed by atoms with E-state index in [-0.39, 0.29) is 47.8 Å². The maximum atomic E-state index is 7.16. The van der Waals surface area contributed by atoms with Crippen LogP contribution in [0.2, 0.25) is 18.1 Å². The zero-order valence-electron chi connectivity index (χ0n) is 30.9. The third-order valence-corrected chi connectivity index (χ3v) is 16.2. The van der Waals surface area contributed by atoms with Gasteiger partial charge in [0.2, 0.25) is 0 Å². The number of hydrogen-bond donors (Lipinski definition) is 0. The Bertz CT molecular complexity index is 1210. The van der Waals surface area contributed by atoms with Gasteiger partial charge in [-0.25, -0.2) is 0 Å². The highest BCUT2D eigenvalue weighted by molar-refractivity contribution is 6.74. The highest BCUT2D eigenvalue weighted by Gasteiger charge is 2.64. The van der Waals surface area contributed by atoms with Crippen molar-refractivity contribution in [2.24, 2.45) is 23.2 Å². The minimum absolute atomic E-state index is 0.0490. The molecule has 3 aliphatic rings. The summed E-state index contributed by atoms with van der Waals surface area (Å²) in [5.41, 5.74) is 5.33. The van der Waals surface area contributed by atoms with Gasteiger partial charge in [-0.05, 0) is 100 Å². The predicted molar refractivity (Wildman–Crippen MR) is 192 cm³/mol. The van der Waals surface area contributed by atoms with Crippen molar-refractivity contribution in [3.63, 3.8) is 0 Å². The van der Waals surface area contributed by atoms with Gasteiger partial charge >= 0.3 is 0 Å². The Morgan fingerprint density at radius 2 is 1.65 bits per heavy atom. The maximum Gasteiger partial charge on any atom is 0.192 e. The molecule has 0 N–H and O–H groups in total. The zero-order chi connectivity index (χ0) is 33.7. The summed E-state index contributed by atoms with van der Waals surface area (Å²) < 4.78 is 32.6. The normalized spacial score (nSPS) is 36.7. The van der Waals surface area contributed by atoms with Crippen molar-refractivity contribution in [1.82, 2.24) is 0 Å². The molecule has 1 saturated carbocycles. The molecule has 1 aliphatic heterocycles. The first-order valence-electron chi connectivity index (χ1n) is 17.7. The summed E-state index contributed by atoms with van der Waals surface area (Å²) in [6.07, 6.45) is 13.3. The van der Waals surface area contributed by atoms with Crippen molar-refractivity contribution in [3.05, 3.63) is 70.8 Å². The van der Waals surface area contributed by atoms with Gasteiger partial charge < -0.3 is 23.4 Å². The molecule has 0 aromatic heterocycles. The molecule has 1 heterocycles. The lowest BCUT2D eigenvalue weighted by atomic mass is 9.69. The van der Waals surface area contributed by atoms with Gasteiger partial charge in [-0.2, -0.15) is 0 Å². The lowest BCUT2D eigenvalue weighted by Gasteiger charge is -2.40. The van der Waals surface area contributed by atoms with Crippen molar-refractivity contribution in [2.75, 3.05) is 13.9 Å². The zero-order valence-corrected chi connectivity index (χ0v) is 31.9. The second kappa shape index (κ2) is 15.8. The predicted octanol–water partition coefficient (Wildman–Crippen LogP) is 10.4. The van der Waals surface area contributed by atoms with E-state index in [9.17, 15) is 0 Å². The summed E-state index contributed by atoms with van der Waals surface area (Å²) in [6, 6.07) is 10.4. The molecule has 0 unspecified atom stereocenters. The SMILES string of the molecule is COCO[C@@H]1[C@@H]2O[C@H](OCc3ccccc3)[C@@H](C)[C@@H]2[C@H]2C/C=C(\C)[C@H](O[Si](C)(C)C(C)(C)C)CC/C(C)=C/CC/C(C)=C/C[C@@]21C. The van der Waals surface area contributed by atoms with Crippen LogP contribution in [0.15, 0.2) is 65.3 Å². The van der Waals surface area contributed by atoms with E-state index < -0.39 is 8.32 Å². The molecule has 1 aromatic carbocycles. The quantitative estimate of drug-likeness (QED) is 0.159. The van der Waals surface area contributed by atoms with Crippen LogP contribution in [0.4, 0.5) is 0 Å². The van der Waals surface area contributed by atoms with E-state index in [1.165, 1.54) is 16.7 Å². The molecule has 2 fully saturated rings. The number of rotatable bonds is 8. The van der Waals surface area contributed by atoms with Crippen LogP contribution in [0.3, 0.4) is 0 Å². The highest BCUT2D eigenvalue weighted by atomic mass is 28.4. The van der Waals surface area contributed by atoms with Crippen LogP contribution < -0.4 is 0 Å². The van der Waals surface area contributed by atoms with Gasteiger partial charge in [0.25, 0.3) is 0 Å². The molecule has 1 aromatic rings. The molecular weight excluding hydrogens is 589 g/mol. The average Bonchev–Trinajstić information content (AvgIpc) is 3.43. The van der Waals surface area contributed by atoms with Gasteiger partial charge in [-0.15, -0.1) is 0 Å². The standard InChI is InChI=1S/C40H64O5Si/c1-28-16-15-17-29(2)24-25-40(8)33(22-21-30(3)34(23-20-28)45-46(10,11)39(5,6)7)35-31(4)38(42-26-32-18-13-12-14-19-32)44-36(35)37(40)43-27-41-9/h12-14,16,18-19,21,24,31,33-38H,15,17,20,22-23,25-27H2,1-11H3/b28-16+,29-24+,30-21+/t31-,33+,34+,35+,36+,37+,38-,40-/m0/s1. The molecule has 8 atom stereocenters. The molecule has 1 saturated heterocycles. The highest BCUT2D eigenvalue weighted by Crippen LogP contribution is 2.60. The van der Waals surface area contributed by atoms with Gasteiger partial charge in [-0.3, -0.25) is 0 Å². The summed E-state index contributed by atoms with van der Waals surface area (Å²) in [7, 11) is -0.258. The summed E-state index contributed by atoms with van der Waals surface area (Å²) in [6.45, 7) is 24.2. The lowest BCUT2D eigenvalue weighted by Crippen LogP contribution is -2.44. The van der Waals surface area contributed by atoms with Crippen LogP contribution >= 0.6 is 0 Å². The molecule has 2 aliphatic carbocycles. The summed E-state index contributed by atoms with van der Waals surface area (Å²) in [4.78, 5) is 0. The maximum absolute atomic E-state index is 7.16. The van der Waals surface area contributed by atoms with Crippen molar-refractivity contribution in [1.29, 1.82) is 0 Å². The first-order valence-corrected chi connectivity index (χ1v) is 20.7. The van der Waals surface area contributed by atoms with Crippen LogP contribution in [0.5, 0.6) is 0 Å². The molecular formula is C40H64O5Si. The Balaban J connectivity index is 1.70. The van der Waals surface area contributed by atoms with E-state index in [1.54, 1.807) is 7.11 Å². The van der Waals surface area contributed by atoms with Gasteiger partial charge in [-0.1, -0.05) is 94.3 Å². The molecule has 258 valence electrons. The Morgan fingerprint density at radius 3 is 2.33 bits per heavy atom. The number of ether oxygens (including phenoxy) is 4. The molecule has 0 spiro atoms. The van der Waals surface area contributed by atoms with Gasteiger partial charge in [0.1, 0.15) is 6.79 Å². The van der Waals surface area contributed by atoms with E-state index in [0.29, 0.717) is 18.4 Å². The van der Waals surface area contributed by atoms with Crippen molar-refractivity contribution < 1.29 is 23.4 Å². The van der Waals surface area contributed by atoms with E-state index in [2.05, 4.69) is 111 Å². The fourth-order valence-corrected chi connectivity index (χ4v) is 9.04. The fourth-order valence-electron chi connectivity index (χ4n) is 7.67. The minimum atomic E-state index is -1.97. The number of allylic oxidation sites excluding steroid dienone is 5. The van der Waals surface area contributed by atoms with Crippen LogP contribution in [-0.4, -0.2) is 46.8 Å². The number of benzene rings is 1. The second-order valence-corrected chi connectivity index (χ2v) is 21.0. The van der Waals surface area contributed by atoms with Crippen molar-refractivity contribution in [2.45, 2.75) is 143 Å². The smallest absolute Gasteiger partial charge is 0.192 e. The van der Waals surface area contributed by atoms with Gasteiger partial charge in [0.15, 0.2) is 14.6 Å². The number of methoxy groups -OCH3 is 1. The molecule has 46 heavy (non-hydrogen) atoms. The Kier molecular flexibility index (Phi) is 12.8. The van der Waals surface area contributed by atoms with Gasteiger partial charge in [0.05, 0.1) is 24.9 Å². The monoisotopic (exact) mass is 652 g/mol. The van der Waals surface area contributed by atoms with Crippen LogP contribution in [0, 0.1) is 23.2 Å². The van der Waals surface area contributed by atoms with E-state index in [4.69, 9.17) is 23.4 Å². The Labute approximate surface area is 282 Å². The summed E-state index contributed by atoms with van der Waals surface area (Å²) in [5.74, 6) is 0.906. The second-order valence-electron chi connectivity index (χ2n) is 16.2. The average molecular weight is 653 g/mol. The van der Waals surface area contributed by atoms with Crippen LogP contribution in [-0.2, 0) is 30.0 Å². The first kappa shape index (κ1) is 37.3. The molecule has 5 nitrogen and oxygen atoms in total. The molecule has 0 bridgehead atoms. The molecule has 4 rings (SSSR count). The van der Waals surface area contributed by atoms with Gasteiger partial charge in [0, 0.05) is 18.4 Å². The third-order valence-electron chi connectivity index (χ3n) is 11.8. The Morgan fingerprint density at radius 1 is 0.957 bits per heavy atom.